The number of carbonyl (C=O) groups excluding carboxylic acids is 3. The summed E-state index contributed by atoms with van der Waals surface area (Å²) in [6, 6.07) is -0.775. The minimum absolute atomic E-state index is 0.0398. The van der Waals surface area contributed by atoms with Gasteiger partial charge in [0.15, 0.2) is 0 Å². The van der Waals surface area contributed by atoms with Gasteiger partial charge in [-0.05, 0) is 30.3 Å². The molecule has 0 aromatic carbocycles. The van der Waals surface area contributed by atoms with E-state index in [-0.39, 0.29) is 23.8 Å². The maximum atomic E-state index is 12.8. The highest BCUT2D eigenvalue weighted by atomic mass is 16.2. The molecule has 2 rings (SSSR count). The van der Waals surface area contributed by atoms with Crippen molar-refractivity contribution >= 4 is 17.8 Å². The standard InChI is InChI=1S/C17H28N4O3/c1-5-14(22)20-7-6-12-8-21(10-13(12)9-20)17(24)19(4)15(11(2)3)16(18)23/h5,11-13,15H,1,6-10H2,2-4H3,(H2,18,23)/t12-,13+,15+/m1/s1. The molecule has 134 valence electrons. The van der Waals surface area contributed by atoms with Crippen LogP contribution in [0.2, 0.25) is 0 Å². The molecule has 3 atom stereocenters. The smallest absolute Gasteiger partial charge is 0.320 e. The highest BCUT2D eigenvalue weighted by Gasteiger charge is 2.41. The number of nitrogens with two attached hydrogens (primary N) is 1. The fraction of sp³-hybridized carbons (Fsp3) is 0.706. The maximum absolute atomic E-state index is 12.8. The Morgan fingerprint density at radius 1 is 1.17 bits per heavy atom. The molecular weight excluding hydrogens is 308 g/mol. The first-order valence-corrected chi connectivity index (χ1v) is 8.48. The lowest BCUT2D eigenvalue weighted by atomic mass is 9.89. The Hall–Kier alpha value is -2.05. The molecule has 0 saturated carbocycles. The van der Waals surface area contributed by atoms with Gasteiger partial charge in [0.1, 0.15) is 6.04 Å². The predicted molar refractivity (Wildman–Crippen MR) is 90.9 cm³/mol. The highest BCUT2D eigenvalue weighted by Crippen LogP contribution is 2.32. The van der Waals surface area contributed by atoms with Gasteiger partial charge in [-0.2, -0.15) is 0 Å². The summed E-state index contributed by atoms with van der Waals surface area (Å²) in [4.78, 5) is 41.2. The molecule has 0 bridgehead atoms. The van der Waals surface area contributed by atoms with E-state index in [2.05, 4.69) is 6.58 Å². The number of carbonyl (C=O) groups is 3. The molecule has 2 N–H and O–H groups in total. The fourth-order valence-electron chi connectivity index (χ4n) is 3.96. The molecule has 24 heavy (non-hydrogen) atoms. The summed E-state index contributed by atoms with van der Waals surface area (Å²) in [7, 11) is 1.63. The van der Waals surface area contributed by atoms with E-state index in [0.29, 0.717) is 32.1 Å². The van der Waals surface area contributed by atoms with Crippen molar-refractivity contribution in [3.63, 3.8) is 0 Å². The predicted octanol–water partition coefficient (Wildman–Crippen LogP) is 0.514. The zero-order valence-electron chi connectivity index (χ0n) is 14.8. The van der Waals surface area contributed by atoms with Crippen LogP contribution in [0, 0.1) is 17.8 Å². The second-order valence-electron chi connectivity index (χ2n) is 7.19. The van der Waals surface area contributed by atoms with Crippen molar-refractivity contribution in [3.8, 4) is 0 Å². The van der Waals surface area contributed by atoms with Crippen LogP contribution in [0.25, 0.3) is 0 Å². The van der Waals surface area contributed by atoms with Gasteiger partial charge >= 0.3 is 6.03 Å². The van der Waals surface area contributed by atoms with Crippen molar-refractivity contribution in [1.82, 2.24) is 14.7 Å². The van der Waals surface area contributed by atoms with Crippen LogP contribution < -0.4 is 5.73 Å². The van der Waals surface area contributed by atoms with Gasteiger partial charge in [-0.1, -0.05) is 20.4 Å². The van der Waals surface area contributed by atoms with Gasteiger partial charge < -0.3 is 20.4 Å². The number of primary amides is 1. The van der Waals surface area contributed by atoms with E-state index in [4.69, 9.17) is 5.73 Å². The van der Waals surface area contributed by atoms with Crippen LogP contribution >= 0.6 is 0 Å². The first kappa shape index (κ1) is 18.3. The van der Waals surface area contributed by atoms with Crippen LogP contribution in [0.5, 0.6) is 0 Å². The monoisotopic (exact) mass is 336 g/mol. The van der Waals surface area contributed by atoms with E-state index in [1.54, 1.807) is 16.8 Å². The van der Waals surface area contributed by atoms with Crippen molar-refractivity contribution in [2.45, 2.75) is 26.3 Å². The van der Waals surface area contributed by atoms with Crippen molar-refractivity contribution in [2.75, 3.05) is 33.2 Å². The number of nitrogens with zero attached hydrogens (tertiary/aromatic N) is 3. The largest absolute Gasteiger partial charge is 0.368 e. The van der Waals surface area contributed by atoms with Crippen LogP contribution in [0.1, 0.15) is 20.3 Å². The summed E-state index contributed by atoms with van der Waals surface area (Å²) >= 11 is 0. The summed E-state index contributed by atoms with van der Waals surface area (Å²) in [6.45, 7) is 9.94. The van der Waals surface area contributed by atoms with Crippen molar-refractivity contribution < 1.29 is 14.4 Å². The Balaban J connectivity index is 2.02. The molecule has 0 spiro atoms. The van der Waals surface area contributed by atoms with Crippen LogP contribution in [0.4, 0.5) is 4.79 Å². The summed E-state index contributed by atoms with van der Waals surface area (Å²) in [5.41, 5.74) is 5.45. The van der Waals surface area contributed by atoms with Crippen molar-refractivity contribution in [1.29, 1.82) is 0 Å². The first-order valence-electron chi connectivity index (χ1n) is 8.48. The third kappa shape index (κ3) is 3.55. The lowest BCUT2D eigenvalue weighted by molar-refractivity contribution is -0.128. The summed E-state index contributed by atoms with van der Waals surface area (Å²) in [5.74, 6) is 0.111. The second-order valence-corrected chi connectivity index (χ2v) is 7.19. The Morgan fingerprint density at radius 3 is 2.29 bits per heavy atom. The topological polar surface area (TPSA) is 87.0 Å². The normalized spacial score (nSPS) is 24.5. The van der Waals surface area contributed by atoms with E-state index >= 15 is 0 Å². The van der Waals surface area contributed by atoms with Crippen LogP contribution in [-0.4, -0.2) is 71.8 Å². The zero-order chi connectivity index (χ0) is 18.0. The fourth-order valence-corrected chi connectivity index (χ4v) is 3.96. The van der Waals surface area contributed by atoms with Gasteiger partial charge in [-0.25, -0.2) is 4.79 Å². The van der Waals surface area contributed by atoms with E-state index in [1.807, 2.05) is 13.8 Å². The molecule has 4 amide bonds. The number of fused-ring (bicyclic) bond motifs is 1. The Bertz CT molecular complexity index is 534. The van der Waals surface area contributed by atoms with Gasteiger partial charge in [-0.3, -0.25) is 9.59 Å². The number of urea groups is 1. The Labute approximate surface area is 143 Å². The van der Waals surface area contributed by atoms with E-state index in [9.17, 15) is 14.4 Å². The number of rotatable bonds is 4. The SMILES string of the molecule is C=CC(=O)N1CC[C@@H]2CN(C(=O)N(C)[C@H](C(N)=O)C(C)C)C[C@@H]2C1. The molecule has 7 nitrogen and oxygen atoms in total. The van der Waals surface area contributed by atoms with Crippen molar-refractivity contribution in [3.05, 3.63) is 12.7 Å². The molecule has 0 unspecified atom stereocenters. The average Bonchev–Trinajstić information content (AvgIpc) is 2.95. The van der Waals surface area contributed by atoms with Gasteiger partial charge in [0.2, 0.25) is 11.8 Å². The van der Waals surface area contributed by atoms with Gasteiger partial charge in [-0.15, -0.1) is 0 Å². The van der Waals surface area contributed by atoms with E-state index in [1.165, 1.54) is 11.0 Å². The molecule has 2 aliphatic heterocycles. The Kier molecular flexibility index (Phi) is 5.51. The third-order valence-electron chi connectivity index (χ3n) is 5.20. The van der Waals surface area contributed by atoms with Gasteiger partial charge in [0.05, 0.1) is 0 Å². The lowest BCUT2D eigenvalue weighted by Gasteiger charge is -2.33. The molecule has 0 aromatic heterocycles. The average molecular weight is 336 g/mol. The van der Waals surface area contributed by atoms with E-state index < -0.39 is 11.9 Å². The molecular formula is C17H28N4O3. The van der Waals surface area contributed by atoms with E-state index in [0.717, 1.165) is 6.42 Å². The zero-order valence-corrected chi connectivity index (χ0v) is 14.8. The molecule has 0 aromatic rings. The summed E-state index contributed by atoms with van der Waals surface area (Å²) in [5, 5.41) is 0. The molecule has 2 heterocycles. The Morgan fingerprint density at radius 2 is 1.75 bits per heavy atom. The number of piperidine rings is 1. The highest BCUT2D eigenvalue weighted by molar-refractivity contribution is 5.87. The minimum Gasteiger partial charge on any atom is -0.368 e. The maximum Gasteiger partial charge on any atom is 0.320 e. The number of hydrogen-bond donors (Lipinski definition) is 1. The molecule has 7 heteroatoms. The molecule has 2 saturated heterocycles. The third-order valence-corrected chi connectivity index (χ3v) is 5.20. The quantitative estimate of drug-likeness (QED) is 0.759. The number of likely N-dealkylation sites (N-methyl/N-ethyl adjacent to an activating group) is 1. The number of likely N-dealkylation sites (tertiary alicyclic amines) is 2. The molecule has 0 radical (unpaired) electrons. The minimum atomic E-state index is -0.612. The number of amides is 4. The van der Waals surface area contributed by atoms with Gasteiger partial charge in [0, 0.05) is 33.2 Å². The first-order chi connectivity index (χ1) is 11.3. The lowest BCUT2D eigenvalue weighted by Crippen LogP contribution is -2.52. The summed E-state index contributed by atoms with van der Waals surface area (Å²) < 4.78 is 0. The van der Waals surface area contributed by atoms with Gasteiger partial charge in [0.25, 0.3) is 0 Å². The van der Waals surface area contributed by atoms with Crippen LogP contribution in [0.15, 0.2) is 12.7 Å². The van der Waals surface area contributed by atoms with Crippen LogP contribution in [-0.2, 0) is 9.59 Å². The summed E-state index contributed by atoms with van der Waals surface area (Å²) in [6.07, 6.45) is 2.23. The molecule has 0 aliphatic carbocycles. The number of hydrogen-bond acceptors (Lipinski definition) is 3. The van der Waals surface area contributed by atoms with Crippen molar-refractivity contribution in [2.24, 2.45) is 23.5 Å². The molecule has 2 fully saturated rings. The molecule has 2 aliphatic rings. The second kappa shape index (κ2) is 7.23. The van der Waals surface area contributed by atoms with Crippen LogP contribution in [0.3, 0.4) is 0 Å².